The standard InChI is InChI=1S/C18H39N5O2S2/c1-6-19-18(20-8-7-10-23(16(2)3)17(4)5)21-9-15-27(24,25)22-11-13-26-14-12-22/h16-17H,6-15H2,1-5H3,(H2,19,20,21). The van der Waals surface area contributed by atoms with Gasteiger partial charge in [0.2, 0.25) is 10.0 Å². The molecule has 27 heavy (non-hydrogen) atoms. The second kappa shape index (κ2) is 12.9. The quantitative estimate of drug-likeness (QED) is 0.299. The molecule has 0 aliphatic carbocycles. The predicted molar refractivity (Wildman–Crippen MR) is 118 cm³/mol. The SMILES string of the molecule is CCNC(=NCCCN(C(C)C)C(C)C)NCCS(=O)(=O)N1CCSCC1. The molecule has 0 spiro atoms. The molecule has 0 bridgehead atoms. The predicted octanol–water partition coefficient (Wildman–Crippen LogP) is 1.43. The van der Waals surface area contributed by atoms with Gasteiger partial charge in [-0.1, -0.05) is 0 Å². The molecule has 1 saturated heterocycles. The minimum Gasteiger partial charge on any atom is -0.357 e. The van der Waals surface area contributed by atoms with Gasteiger partial charge in [0.15, 0.2) is 5.96 Å². The van der Waals surface area contributed by atoms with Crippen molar-refractivity contribution in [3.8, 4) is 0 Å². The van der Waals surface area contributed by atoms with E-state index in [-0.39, 0.29) is 5.75 Å². The van der Waals surface area contributed by atoms with Gasteiger partial charge in [-0.2, -0.15) is 11.8 Å². The molecule has 1 aliphatic heterocycles. The molecule has 0 radical (unpaired) electrons. The zero-order valence-corrected chi connectivity index (χ0v) is 19.3. The molecule has 160 valence electrons. The molecular weight excluding hydrogens is 382 g/mol. The fourth-order valence-electron chi connectivity index (χ4n) is 3.15. The van der Waals surface area contributed by atoms with Crippen LogP contribution in [0.2, 0.25) is 0 Å². The third kappa shape index (κ3) is 9.49. The first kappa shape index (κ1) is 24.5. The largest absolute Gasteiger partial charge is 0.357 e. The molecule has 1 aliphatic rings. The molecule has 0 aromatic carbocycles. The molecular formula is C18H39N5O2S2. The number of rotatable bonds is 11. The van der Waals surface area contributed by atoms with Crippen LogP contribution in [0.1, 0.15) is 41.0 Å². The van der Waals surface area contributed by atoms with E-state index in [1.165, 1.54) is 0 Å². The summed E-state index contributed by atoms with van der Waals surface area (Å²) in [4.78, 5) is 7.05. The van der Waals surface area contributed by atoms with E-state index in [9.17, 15) is 8.42 Å². The fraction of sp³-hybridized carbons (Fsp3) is 0.944. The Bertz CT molecular complexity index is 524. The van der Waals surface area contributed by atoms with Crippen LogP contribution in [0.3, 0.4) is 0 Å². The van der Waals surface area contributed by atoms with Crippen LogP contribution in [-0.2, 0) is 10.0 Å². The Balaban J connectivity index is 2.42. The Morgan fingerprint density at radius 1 is 1.15 bits per heavy atom. The zero-order chi connectivity index (χ0) is 20.3. The first-order valence-electron chi connectivity index (χ1n) is 10.1. The molecule has 0 atom stereocenters. The molecule has 0 saturated carbocycles. The maximum Gasteiger partial charge on any atom is 0.215 e. The topological polar surface area (TPSA) is 77.0 Å². The lowest BCUT2D eigenvalue weighted by molar-refractivity contribution is 0.174. The van der Waals surface area contributed by atoms with E-state index in [1.807, 2.05) is 18.7 Å². The number of nitrogens with zero attached hydrogens (tertiary/aromatic N) is 3. The van der Waals surface area contributed by atoms with Gasteiger partial charge < -0.3 is 10.6 Å². The summed E-state index contributed by atoms with van der Waals surface area (Å²) in [6.45, 7) is 15.0. The summed E-state index contributed by atoms with van der Waals surface area (Å²) >= 11 is 1.81. The van der Waals surface area contributed by atoms with Crippen LogP contribution in [0.25, 0.3) is 0 Å². The molecule has 0 aromatic heterocycles. The van der Waals surface area contributed by atoms with Gasteiger partial charge >= 0.3 is 0 Å². The number of hydrogen-bond donors (Lipinski definition) is 2. The highest BCUT2D eigenvalue weighted by molar-refractivity contribution is 7.99. The van der Waals surface area contributed by atoms with E-state index in [2.05, 4.69) is 48.2 Å². The molecule has 1 fully saturated rings. The van der Waals surface area contributed by atoms with Crippen molar-refractivity contribution in [2.45, 2.75) is 53.1 Å². The molecule has 7 nitrogen and oxygen atoms in total. The lowest BCUT2D eigenvalue weighted by Gasteiger charge is -2.30. The summed E-state index contributed by atoms with van der Waals surface area (Å²) in [6, 6.07) is 1.05. The van der Waals surface area contributed by atoms with Crippen LogP contribution in [0.15, 0.2) is 4.99 Å². The van der Waals surface area contributed by atoms with Gasteiger partial charge in [0.1, 0.15) is 0 Å². The van der Waals surface area contributed by atoms with Crippen molar-refractivity contribution in [2.24, 2.45) is 4.99 Å². The Morgan fingerprint density at radius 3 is 2.33 bits per heavy atom. The third-order valence-corrected chi connectivity index (χ3v) is 7.35. The van der Waals surface area contributed by atoms with Gasteiger partial charge in [0.05, 0.1) is 5.75 Å². The Hall–Kier alpha value is -0.510. The molecule has 1 rings (SSSR count). The molecule has 2 N–H and O–H groups in total. The average molecular weight is 422 g/mol. The van der Waals surface area contributed by atoms with Crippen LogP contribution < -0.4 is 10.6 Å². The fourth-order valence-corrected chi connectivity index (χ4v) is 5.64. The number of hydrogen-bond acceptors (Lipinski definition) is 5. The van der Waals surface area contributed by atoms with E-state index in [0.717, 1.165) is 37.6 Å². The maximum atomic E-state index is 12.4. The van der Waals surface area contributed by atoms with Crippen LogP contribution >= 0.6 is 11.8 Å². The minimum atomic E-state index is -3.18. The summed E-state index contributed by atoms with van der Waals surface area (Å²) in [5.74, 6) is 2.58. The van der Waals surface area contributed by atoms with E-state index >= 15 is 0 Å². The van der Waals surface area contributed by atoms with Gasteiger partial charge in [-0.25, -0.2) is 12.7 Å². The van der Waals surface area contributed by atoms with Crippen LogP contribution in [0.5, 0.6) is 0 Å². The Labute approximate surface area is 170 Å². The molecule has 0 unspecified atom stereocenters. The summed E-state index contributed by atoms with van der Waals surface area (Å²) in [5.41, 5.74) is 0. The summed E-state index contributed by atoms with van der Waals surface area (Å²) < 4.78 is 26.4. The molecule has 0 amide bonds. The van der Waals surface area contributed by atoms with Crippen molar-refractivity contribution in [1.82, 2.24) is 19.8 Å². The Kier molecular flexibility index (Phi) is 11.7. The van der Waals surface area contributed by atoms with E-state index in [4.69, 9.17) is 0 Å². The van der Waals surface area contributed by atoms with Crippen molar-refractivity contribution in [3.05, 3.63) is 0 Å². The summed E-state index contributed by atoms with van der Waals surface area (Å²) in [6.07, 6.45) is 0.983. The normalized spacial score (nSPS) is 17.1. The lowest BCUT2D eigenvalue weighted by atomic mass is 10.2. The number of aliphatic imine (C=N–C) groups is 1. The van der Waals surface area contributed by atoms with Gasteiger partial charge in [-0.05, 0) is 41.0 Å². The monoisotopic (exact) mass is 421 g/mol. The first-order valence-corrected chi connectivity index (χ1v) is 12.9. The average Bonchev–Trinajstić information content (AvgIpc) is 2.61. The van der Waals surface area contributed by atoms with Crippen LogP contribution in [-0.4, -0.2) is 92.2 Å². The smallest absolute Gasteiger partial charge is 0.215 e. The van der Waals surface area contributed by atoms with E-state index in [1.54, 1.807) is 4.31 Å². The number of sulfonamides is 1. The summed E-state index contributed by atoms with van der Waals surface area (Å²) in [7, 11) is -3.18. The number of thioether (sulfide) groups is 1. The second-order valence-electron chi connectivity index (χ2n) is 7.29. The molecule has 0 aromatic rings. The maximum absolute atomic E-state index is 12.4. The van der Waals surface area contributed by atoms with Gasteiger partial charge in [-0.3, -0.25) is 9.89 Å². The van der Waals surface area contributed by atoms with Gasteiger partial charge in [0, 0.05) is 62.9 Å². The Morgan fingerprint density at radius 2 is 1.78 bits per heavy atom. The van der Waals surface area contributed by atoms with Crippen molar-refractivity contribution >= 4 is 27.7 Å². The van der Waals surface area contributed by atoms with E-state index in [0.29, 0.717) is 37.7 Å². The van der Waals surface area contributed by atoms with Crippen LogP contribution in [0, 0.1) is 0 Å². The van der Waals surface area contributed by atoms with Crippen LogP contribution in [0.4, 0.5) is 0 Å². The first-order chi connectivity index (χ1) is 12.8. The van der Waals surface area contributed by atoms with Crippen molar-refractivity contribution in [3.63, 3.8) is 0 Å². The summed E-state index contributed by atoms with van der Waals surface area (Å²) in [5, 5.41) is 6.36. The van der Waals surface area contributed by atoms with Crippen molar-refractivity contribution < 1.29 is 8.42 Å². The molecule has 1 heterocycles. The number of guanidine groups is 1. The highest BCUT2D eigenvalue weighted by atomic mass is 32.2. The molecule has 9 heteroatoms. The minimum absolute atomic E-state index is 0.108. The number of nitrogens with one attached hydrogen (secondary N) is 2. The van der Waals surface area contributed by atoms with Gasteiger partial charge in [0.25, 0.3) is 0 Å². The highest BCUT2D eigenvalue weighted by Crippen LogP contribution is 2.13. The van der Waals surface area contributed by atoms with Gasteiger partial charge in [-0.15, -0.1) is 0 Å². The van der Waals surface area contributed by atoms with Crippen molar-refractivity contribution in [2.75, 3.05) is 56.5 Å². The second-order valence-corrected chi connectivity index (χ2v) is 10.6. The van der Waals surface area contributed by atoms with E-state index < -0.39 is 10.0 Å². The lowest BCUT2D eigenvalue weighted by Crippen LogP contribution is -2.44. The third-order valence-electron chi connectivity index (χ3n) is 4.53. The zero-order valence-electron chi connectivity index (χ0n) is 17.7. The van der Waals surface area contributed by atoms with Crippen molar-refractivity contribution in [1.29, 1.82) is 0 Å². The highest BCUT2D eigenvalue weighted by Gasteiger charge is 2.23.